The number of nitrogens with one attached hydrogen (secondary N) is 1. The molecule has 3 unspecified atom stereocenters. The van der Waals surface area contributed by atoms with E-state index in [0.717, 1.165) is 24.4 Å². The Morgan fingerprint density at radius 3 is 2.58 bits per heavy atom. The molecular weight excluding hydrogens is 450 g/mol. The summed E-state index contributed by atoms with van der Waals surface area (Å²) >= 11 is 5.67. The maximum absolute atomic E-state index is 15.4. The minimum absolute atomic E-state index is 0.116. The van der Waals surface area contributed by atoms with Crippen molar-refractivity contribution in [2.45, 2.75) is 36.7 Å². The molecule has 1 fully saturated rings. The Kier molecular flexibility index (Phi) is 5.19. The molecule has 1 aliphatic heterocycles. The van der Waals surface area contributed by atoms with Gasteiger partial charge in [-0.1, -0.05) is 23.7 Å². The molecule has 4 atom stereocenters. The molecule has 1 aliphatic carbocycles. The zero-order valence-corrected chi connectivity index (χ0v) is 16.3. The molecule has 4 rings (SSSR count). The first kappa shape index (κ1) is 21.5. The Morgan fingerprint density at radius 2 is 1.97 bits per heavy atom. The molecule has 12 heteroatoms. The number of anilines is 1. The molecule has 2 heterocycles. The number of aliphatic imine (C=N–C) groups is 1. The minimum atomic E-state index is -4.87. The molecule has 0 spiro atoms. The number of halogens is 7. The molecule has 0 amide bonds. The van der Waals surface area contributed by atoms with Crippen LogP contribution in [0.3, 0.4) is 0 Å². The standard InChI is InChI=1S/C19H15ClF6N4O/c20-8-4-5-12(28-7-8)15(19(24,25)26)29-11-3-1-2-9(14(11)21)18(16(22)23)10-6-13(10)31-17(27)30-18/h1-5,7,10,13,15-16,29H,6H2,(H2,27,30)/t10?,13?,15-,18?/m1/s1. The van der Waals surface area contributed by atoms with E-state index in [1.807, 2.05) is 5.32 Å². The van der Waals surface area contributed by atoms with Crippen molar-refractivity contribution in [2.24, 2.45) is 16.6 Å². The predicted octanol–water partition coefficient (Wildman–Crippen LogP) is 4.78. The van der Waals surface area contributed by atoms with E-state index < -0.39 is 65.0 Å². The normalized spacial score (nSPS) is 26.0. The molecule has 1 saturated carbocycles. The van der Waals surface area contributed by atoms with Crippen LogP contribution in [-0.2, 0) is 10.3 Å². The van der Waals surface area contributed by atoms with Crippen molar-refractivity contribution >= 4 is 23.3 Å². The molecule has 3 N–H and O–H groups in total. The second-order valence-corrected chi connectivity index (χ2v) is 7.70. The Bertz CT molecular complexity index is 1020. The number of nitrogens with zero attached hydrogens (tertiary/aromatic N) is 2. The smallest absolute Gasteiger partial charge is 0.414 e. The van der Waals surface area contributed by atoms with Gasteiger partial charge in [-0.25, -0.2) is 18.2 Å². The number of benzene rings is 1. The van der Waals surface area contributed by atoms with Crippen molar-refractivity contribution in [1.82, 2.24) is 4.98 Å². The van der Waals surface area contributed by atoms with Crippen LogP contribution in [0.1, 0.15) is 23.7 Å². The molecule has 0 radical (unpaired) electrons. The summed E-state index contributed by atoms with van der Waals surface area (Å²) in [6, 6.07) is 2.57. The van der Waals surface area contributed by atoms with Gasteiger partial charge in [0.1, 0.15) is 6.10 Å². The number of hydrogen-bond acceptors (Lipinski definition) is 5. The highest BCUT2D eigenvalue weighted by atomic mass is 35.5. The third-order valence-electron chi connectivity index (χ3n) is 5.30. The summed E-state index contributed by atoms with van der Waals surface area (Å²) < 4.78 is 89.8. The average Bonchev–Trinajstić information content (AvgIpc) is 3.46. The van der Waals surface area contributed by atoms with E-state index in [1.54, 1.807) is 0 Å². The van der Waals surface area contributed by atoms with Crippen LogP contribution in [0.2, 0.25) is 5.02 Å². The van der Waals surface area contributed by atoms with Crippen molar-refractivity contribution in [3.05, 3.63) is 58.6 Å². The van der Waals surface area contributed by atoms with Gasteiger partial charge in [-0.05, 0) is 24.6 Å². The molecule has 0 saturated heterocycles. The third kappa shape index (κ3) is 3.75. The van der Waals surface area contributed by atoms with E-state index in [-0.39, 0.29) is 11.4 Å². The first-order valence-corrected chi connectivity index (χ1v) is 9.45. The van der Waals surface area contributed by atoms with Gasteiger partial charge in [0.25, 0.3) is 12.4 Å². The number of aromatic nitrogens is 1. The first-order chi connectivity index (χ1) is 14.5. The summed E-state index contributed by atoms with van der Waals surface area (Å²) in [4.78, 5) is 7.35. The zero-order valence-electron chi connectivity index (χ0n) is 15.5. The van der Waals surface area contributed by atoms with Gasteiger partial charge in [0.2, 0.25) is 0 Å². The molecule has 2 aromatic rings. The van der Waals surface area contributed by atoms with Crippen LogP contribution in [0, 0.1) is 11.7 Å². The van der Waals surface area contributed by atoms with E-state index >= 15 is 4.39 Å². The van der Waals surface area contributed by atoms with Gasteiger partial charge in [-0.2, -0.15) is 13.2 Å². The highest BCUT2D eigenvalue weighted by Crippen LogP contribution is 2.56. The lowest BCUT2D eigenvalue weighted by Gasteiger charge is -2.33. The highest BCUT2D eigenvalue weighted by Gasteiger charge is 2.64. The van der Waals surface area contributed by atoms with Gasteiger partial charge in [-0.15, -0.1) is 0 Å². The molecular formula is C19H15ClF6N4O. The van der Waals surface area contributed by atoms with Gasteiger partial charge in [0, 0.05) is 17.7 Å². The van der Waals surface area contributed by atoms with E-state index in [1.165, 1.54) is 12.1 Å². The Morgan fingerprint density at radius 1 is 1.23 bits per heavy atom. The van der Waals surface area contributed by atoms with Crippen LogP contribution < -0.4 is 11.1 Å². The topological polar surface area (TPSA) is 72.5 Å². The monoisotopic (exact) mass is 464 g/mol. The quantitative estimate of drug-likeness (QED) is 0.624. The van der Waals surface area contributed by atoms with Crippen LogP contribution in [0.5, 0.6) is 0 Å². The zero-order chi connectivity index (χ0) is 22.6. The lowest BCUT2D eigenvalue weighted by atomic mass is 9.84. The lowest BCUT2D eigenvalue weighted by molar-refractivity contribution is -0.144. The third-order valence-corrected chi connectivity index (χ3v) is 5.52. The lowest BCUT2D eigenvalue weighted by Crippen LogP contribution is -2.43. The molecule has 166 valence electrons. The van der Waals surface area contributed by atoms with Gasteiger partial charge in [0.15, 0.2) is 17.4 Å². The maximum atomic E-state index is 15.4. The van der Waals surface area contributed by atoms with Crippen LogP contribution >= 0.6 is 11.6 Å². The molecule has 1 aromatic heterocycles. The Balaban J connectivity index is 1.77. The van der Waals surface area contributed by atoms with Crippen LogP contribution in [-0.4, -0.2) is 29.7 Å². The summed E-state index contributed by atoms with van der Waals surface area (Å²) in [6.45, 7) is 0. The number of amidine groups is 1. The Labute approximate surface area is 177 Å². The van der Waals surface area contributed by atoms with Crippen molar-refractivity contribution in [2.75, 3.05) is 5.32 Å². The number of alkyl halides is 5. The SMILES string of the molecule is NC1=NC(c2cccc(N[C@H](c3ccc(Cl)cn3)C(F)(F)F)c2F)(C(F)F)C2CC2O1. The summed E-state index contributed by atoms with van der Waals surface area (Å²) in [5.41, 5.74) is 1.50. The van der Waals surface area contributed by atoms with Crippen molar-refractivity contribution in [3.8, 4) is 0 Å². The number of rotatable bonds is 5. The molecule has 1 aromatic carbocycles. The largest absolute Gasteiger partial charge is 0.462 e. The van der Waals surface area contributed by atoms with Gasteiger partial charge >= 0.3 is 6.18 Å². The second kappa shape index (κ2) is 7.47. The van der Waals surface area contributed by atoms with Crippen molar-refractivity contribution in [1.29, 1.82) is 0 Å². The van der Waals surface area contributed by atoms with Crippen LogP contribution in [0.25, 0.3) is 0 Å². The van der Waals surface area contributed by atoms with Crippen LogP contribution in [0.15, 0.2) is 41.5 Å². The molecule has 2 aliphatic rings. The molecule has 0 bridgehead atoms. The minimum Gasteiger partial charge on any atom is -0.462 e. The fourth-order valence-corrected chi connectivity index (χ4v) is 3.90. The number of nitrogens with two attached hydrogens (primary N) is 1. The summed E-state index contributed by atoms with van der Waals surface area (Å²) in [5, 5.41) is 2.15. The maximum Gasteiger partial charge on any atom is 0.414 e. The molecule has 5 nitrogen and oxygen atoms in total. The first-order valence-electron chi connectivity index (χ1n) is 9.08. The predicted molar refractivity (Wildman–Crippen MR) is 100 cm³/mol. The van der Waals surface area contributed by atoms with Gasteiger partial charge in [-0.3, -0.25) is 4.98 Å². The number of fused-ring (bicyclic) bond motifs is 1. The fourth-order valence-electron chi connectivity index (χ4n) is 3.79. The van der Waals surface area contributed by atoms with Gasteiger partial charge in [0.05, 0.1) is 16.4 Å². The summed E-state index contributed by atoms with van der Waals surface area (Å²) in [7, 11) is 0. The van der Waals surface area contributed by atoms with E-state index in [4.69, 9.17) is 22.1 Å². The summed E-state index contributed by atoms with van der Waals surface area (Å²) in [5.74, 6) is -2.13. The Hall–Kier alpha value is -2.69. The van der Waals surface area contributed by atoms with Gasteiger partial charge < -0.3 is 15.8 Å². The van der Waals surface area contributed by atoms with Crippen LogP contribution in [0.4, 0.5) is 32.0 Å². The number of pyridine rings is 1. The van der Waals surface area contributed by atoms with E-state index in [2.05, 4.69) is 9.98 Å². The van der Waals surface area contributed by atoms with Crippen molar-refractivity contribution < 1.29 is 31.1 Å². The number of ether oxygens (including phenoxy) is 1. The van der Waals surface area contributed by atoms with E-state index in [9.17, 15) is 22.0 Å². The summed E-state index contributed by atoms with van der Waals surface area (Å²) in [6.07, 6.45) is -7.49. The van der Waals surface area contributed by atoms with Crippen molar-refractivity contribution in [3.63, 3.8) is 0 Å². The average molecular weight is 465 g/mol. The number of hydrogen-bond donors (Lipinski definition) is 2. The second-order valence-electron chi connectivity index (χ2n) is 7.26. The highest BCUT2D eigenvalue weighted by molar-refractivity contribution is 6.30. The fraction of sp³-hybridized carbons (Fsp3) is 0.368. The molecule has 31 heavy (non-hydrogen) atoms. The van der Waals surface area contributed by atoms with E-state index in [0.29, 0.717) is 0 Å².